The summed E-state index contributed by atoms with van der Waals surface area (Å²) in [6.07, 6.45) is 0. The smallest absolute Gasteiger partial charge is 0.320 e. The molecule has 0 aromatic heterocycles. The number of rotatable bonds is 4. The molecule has 0 bridgehead atoms. The fraction of sp³-hybridized carbons (Fsp3) is 0.778. The highest BCUT2D eigenvalue weighted by Crippen LogP contribution is 1.95. The lowest BCUT2D eigenvalue weighted by molar-refractivity contribution is -0.121. The molecule has 0 atom stereocenters. The van der Waals surface area contributed by atoms with Gasteiger partial charge >= 0.3 is 6.03 Å². The molecule has 0 aliphatic rings. The van der Waals surface area contributed by atoms with Crippen molar-refractivity contribution in [1.82, 2.24) is 15.1 Å². The Labute approximate surface area is 85.1 Å². The number of nitrogens with one attached hydrogen (secondary N) is 1. The maximum atomic E-state index is 11.6. The SMILES string of the molecule is CCN(CC)C(=O)N(C)CC(=O)NC. The summed E-state index contributed by atoms with van der Waals surface area (Å²) in [6.45, 7) is 5.25. The van der Waals surface area contributed by atoms with Crippen molar-refractivity contribution in [1.29, 1.82) is 0 Å². The van der Waals surface area contributed by atoms with E-state index >= 15 is 0 Å². The molecule has 0 spiro atoms. The van der Waals surface area contributed by atoms with Crippen molar-refractivity contribution in [2.24, 2.45) is 0 Å². The van der Waals surface area contributed by atoms with E-state index in [0.717, 1.165) is 0 Å². The number of amides is 3. The fourth-order valence-corrected chi connectivity index (χ4v) is 1.10. The molecule has 0 saturated carbocycles. The van der Waals surface area contributed by atoms with Gasteiger partial charge in [0.1, 0.15) is 6.54 Å². The van der Waals surface area contributed by atoms with Crippen molar-refractivity contribution in [3.05, 3.63) is 0 Å². The first-order valence-electron chi connectivity index (χ1n) is 4.77. The lowest BCUT2D eigenvalue weighted by Crippen LogP contribution is -2.44. The predicted molar refractivity (Wildman–Crippen MR) is 55.0 cm³/mol. The van der Waals surface area contributed by atoms with Gasteiger partial charge in [-0.25, -0.2) is 4.79 Å². The molecular weight excluding hydrogens is 182 g/mol. The van der Waals surface area contributed by atoms with Crippen LogP contribution in [-0.2, 0) is 4.79 Å². The van der Waals surface area contributed by atoms with Gasteiger partial charge in [-0.1, -0.05) is 0 Å². The van der Waals surface area contributed by atoms with E-state index in [2.05, 4.69) is 5.32 Å². The number of carbonyl (C=O) groups is 2. The number of hydrogen-bond acceptors (Lipinski definition) is 2. The summed E-state index contributed by atoms with van der Waals surface area (Å²) in [5.41, 5.74) is 0. The van der Waals surface area contributed by atoms with E-state index in [1.54, 1.807) is 19.0 Å². The highest BCUT2D eigenvalue weighted by atomic mass is 16.2. The molecule has 5 nitrogen and oxygen atoms in total. The maximum absolute atomic E-state index is 11.6. The lowest BCUT2D eigenvalue weighted by Gasteiger charge is -2.25. The first-order chi connectivity index (χ1) is 6.56. The van der Waals surface area contributed by atoms with Crippen molar-refractivity contribution >= 4 is 11.9 Å². The van der Waals surface area contributed by atoms with Crippen molar-refractivity contribution in [2.45, 2.75) is 13.8 Å². The molecule has 5 heteroatoms. The van der Waals surface area contributed by atoms with Gasteiger partial charge in [-0.2, -0.15) is 0 Å². The molecule has 0 aliphatic carbocycles. The molecule has 14 heavy (non-hydrogen) atoms. The molecule has 0 aromatic carbocycles. The zero-order valence-electron chi connectivity index (χ0n) is 9.33. The van der Waals surface area contributed by atoms with Crippen molar-refractivity contribution in [3.63, 3.8) is 0 Å². The van der Waals surface area contributed by atoms with E-state index in [0.29, 0.717) is 13.1 Å². The van der Waals surface area contributed by atoms with Crippen LogP contribution in [0.2, 0.25) is 0 Å². The second-order valence-electron chi connectivity index (χ2n) is 2.98. The Hall–Kier alpha value is -1.26. The highest BCUT2D eigenvalue weighted by molar-refractivity contribution is 5.83. The largest absolute Gasteiger partial charge is 0.358 e. The van der Waals surface area contributed by atoms with Crippen LogP contribution in [0, 0.1) is 0 Å². The summed E-state index contributed by atoms with van der Waals surface area (Å²) < 4.78 is 0. The average Bonchev–Trinajstić information content (AvgIpc) is 2.19. The first kappa shape index (κ1) is 12.7. The molecule has 0 saturated heterocycles. The molecule has 1 N–H and O–H groups in total. The predicted octanol–water partition coefficient (Wildman–Crippen LogP) is 0.126. The summed E-state index contributed by atoms with van der Waals surface area (Å²) in [5, 5.41) is 2.47. The summed E-state index contributed by atoms with van der Waals surface area (Å²) in [5.74, 6) is -0.159. The molecule has 0 aromatic rings. The van der Waals surface area contributed by atoms with E-state index < -0.39 is 0 Å². The molecule has 3 amide bonds. The summed E-state index contributed by atoms with van der Waals surface area (Å²) in [6, 6.07) is -0.112. The van der Waals surface area contributed by atoms with E-state index in [9.17, 15) is 9.59 Å². The van der Waals surface area contributed by atoms with Crippen LogP contribution < -0.4 is 5.32 Å². The van der Waals surface area contributed by atoms with Crippen LogP contribution in [0.5, 0.6) is 0 Å². The molecule has 0 fully saturated rings. The minimum absolute atomic E-state index is 0.103. The lowest BCUT2D eigenvalue weighted by atomic mass is 10.5. The van der Waals surface area contributed by atoms with Gasteiger partial charge in [0.15, 0.2) is 0 Å². The highest BCUT2D eigenvalue weighted by Gasteiger charge is 2.16. The Morgan fingerprint density at radius 1 is 1.21 bits per heavy atom. The first-order valence-corrected chi connectivity index (χ1v) is 4.77. The molecule has 0 aliphatic heterocycles. The Balaban J connectivity index is 4.16. The van der Waals surface area contributed by atoms with E-state index in [1.165, 1.54) is 4.90 Å². The van der Waals surface area contributed by atoms with Crippen LogP contribution in [-0.4, -0.2) is 55.5 Å². The standard InChI is InChI=1S/C9H19N3O2/c1-5-12(6-2)9(14)11(4)7-8(13)10-3/h5-7H2,1-4H3,(H,10,13). The van der Waals surface area contributed by atoms with Gasteiger partial charge in [-0.15, -0.1) is 0 Å². The van der Waals surface area contributed by atoms with E-state index in [4.69, 9.17) is 0 Å². The Morgan fingerprint density at radius 3 is 2.07 bits per heavy atom. The number of carbonyl (C=O) groups excluding carboxylic acids is 2. The van der Waals surface area contributed by atoms with Crippen LogP contribution in [0.15, 0.2) is 0 Å². The molecule has 82 valence electrons. The van der Waals surface area contributed by atoms with Gasteiger partial charge in [0.05, 0.1) is 0 Å². The minimum Gasteiger partial charge on any atom is -0.358 e. The van der Waals surface area contributed by atoms with Gasteiger partial charge < -0.3 is 15.1 Å². The fourth-order valence-electron chi connectivity index (χ4n) is 1.10. The molecule has 0 radical (unpaired) electrons. The van der Waals surface area contributed by atoms with Gasteiger partial charge in [-0.3, -0.25) is 4.79 Å². The second-order valence-corrected chi connectivity index (χ2v) is 2.98. The van der Waals surface area contributed by atoms with Crippen LogP contribution in [0.3, 0.4) is 0 Å². The zero-order chi connectivity index (χ0) is 11.1. The number of hydrogen-bond donors (Lipinski definition) is 1. The zero-order valence-corrected chi connectivity index (χ0v) is 9.33. The van der Waals surface area contributed by atoms with Crippen LogP contribution in [0.1, 0.15) is 13.8 Å². The van der Waals surface area contributed by atoms with Crippen LogP contribution in [0.25, 0.3) is 0 Å². The second kappa shape index (κ2) is 6.23. The van der Waals surface area contributed by atoms with Crippen molar-refractivity contribution < 1.29 is 9.59 Å². The van der Waals surface area contributed by atoms with E-state index in [1.807, 2.05) is 13.8 Å². The quantitative estimate of drug-likeness (QED) is 0.702. The number of nitrogens with zero attached hydrogens (tertiary/aromatic N) is 2. The number of likely N-dealkylation sites (N-methyl/N-ethyl adjacent to an activating group) is 2. The van der Waals surface area contributed by atoms with Gasteiger partial charge in [0.2, 0.25) is 5.91 Å². The molecule has 0 rings (SSSR count). The average molecular weight is 201 g/mol. The summed E-state index contributed by atoms with van der Waals surface area (Å²) in [4.78, 5) is 25.7. The minimum atomic E-state index is -0.159. The molecule has 0 unspecified atom stereocenters. The Bertz CT molecular complexity index is 202. The number of urea groups is 1. The van der Waals surface area contributed by atoms with Crippen molar-refractivity contribution in [3.8, 4) is 0 Å². The summed E-state index contributed by atoms with van der Waals surface area (Å²) >= 11 is 0. The van der Waals surface area contributed by atoms with Gasteiger partial charge in [-0.05, 0) is 13.8 Å². The van der Waals surface area contributed by atoms with Gasteiger partial charge in [0.25, 0.3) is 0 Å². The summed E-state index contributed by atoms with van der Waals surface area (Å²) in [7, 11) is 3.17. The van der Waals surface area contributed by atoms with E-state index in [-0.39, 0.29) is 18.5 Å². The molecular formula is C9H19N3O2. The van der Waals surface area contributed by atoms with Crippen LogP contribution >= 0.6 is 0 Å². The molecule has 0 heterocycles. The topological polar surface area (TPSA) is 52.7 Å². The monoisotopic (exact) mass is 201 g/mol. The third kappa shape index (κ3) is 3.64. The third-order valence-corrected chi connectivity index (χ3v) is 2.02. The van der Waals surface area contributed by atoms with Crippen LogP contribution in [0.4, 0.5) is 4.79 Å². The normalized spacial score (nSPS) is 9.43. The maximum Gasteiger partial charge on any atom is 0.320 e. The Morgan fingerprint density at radius 2 is 1.71 bits per heavy atom. The Kier molecular flexibility index (Phi) is 5.67. The van der Waals surface area contributed by atoms with Crippen molar-refractivity contribution in [2.75, 3.05) is 33.7 Å². The van der Waals surface area contributed by atoms with Gasteiger partial charge in [0, 0.05) is 27.2 Å². The third-order valence-electron chi connectivity index (χ3n) is 2.02.